The number of hydrogen-bond acceptors (Lipinski definition) is 2. The summed E-state index contributed by atoms with van der Waals surface area (Å²) in [6, 6.07) is 8.50. The van der Waals surface area contributed by atoms with E-state index in [0.717, 1.165) is 0 Å². The average Bonchev–Trinajstić information content (AvgIpc) is 2.38. The summed E-state index contributed by atoms with van der Waals surface area (Å²) in [5, 5.41) is 9.08. The van der Waals surface area contributed by atoms with Crippen molar-refractivity contribution in [2.45, 2.75) is 6.10 Å². The van der Waals surface area contributed by atoms with Gasteiger partial charge in [-0.3, -0.25) is 0 Å². The van der Waals surface area contributed by atoms with Crippen LogP contribution in [0, 0.1) is 17.5 Å². The minimum atomic E-state index is -1.59. The number of halogens is 3. The van der Waals surface area contributed by atoms with E-state index < -0.39 is 35.3 Å². The minimum Gasteiger partial charge on any atom is -0.478 e. The molecule has 0 aliphatic rings. The molecule has 104 valence electrons. The van der Waals surface area contributed by atoms with Gasteiger partial charge in [-0.15, -0.1) is 0 Å². The van der Waals surface area contributed by atoms with E-state index in [1.165, 1.54) is 12.1 Å². The van der Waals surface area contributed by atoms with E-state index in [1.54, 1.807) is 18.2 Å². The normalized spacial score (nSPS) is 11.9. The summed E-state index contributed by atoms with van der Waals surface area (Å²) in [5.74, 6) is -6.06. The van der Waals surface area contributed by atoms with Gasteiger partial charge in [0.25, 0.3) is 0 Å². The minimum absolute atomic E-state index is 0.211. The van der Waals surface area contributed by atoms with E-state index in [4.69, 9.17) is 9.84 Å². The van der Waals surface area contributed by atoms with E-state index in [1.807, 2.05) is 0 Å². The number of carboxylic acid groups (broad SMARTS) is 1. The Morgan fingerprint density at radius 1 is 1.05 bits per heavy atom. The molecule has 6 heteroatoms. The highest BCUT2D eigenvalue weighted by Gasteiger charge is 2.25. The lowest BCUT2D eigenvalue weighted by atomic mass is 10.1. The molecule has 1 N–H and O–H groups in total. The molecule has 2 aromatic carbocycles. The molecular weight excluding hydrogens is 273 g/mol. The third-order valence-corrected chi connectivity index (χ3v) is 2.53. The van der Waals surface area contributed by atoms with Gasteiger partial charge in [0.2, 0.25) is 6.10 Å². The fourth-order valence-corrected chi connectivity index (χ4v) is 1.65. The molecule has 0 saturated heterocycles. The predicted octanol–water partition coefficient (Wildman–Crippen LogP) is 3.31. The van der Waals surface area contributed by atoms with E-state index in [2.05, 4.69) is 0 Å². The Kier molecular flexibility index (Phi) is 3.93. The molecule has 0 aliphatic carbocycles. The lowest BCUT2D eigenvalue weighted by molar-refractivity contribution is -0.145. The molecule has 20 heavy (non-hydrogen) atoms. The molecule has 0 aliphatic heterocycles. The van der Waals surface area contributed by atoms with Crippen molar-refractivity contribution in [1.29, 1.82) is 0 Å². The number of carboxylic acids is 1. The van der Waals surface area contributed by atoms with Gasteiger partial charge in [-0.1, -0.05) is 30.3 Å². The van der Waals surface area contributed by atoms with Crippen LogP contribution in [0.15, 0.2) is 42.5 Å². The average molecular weight is 282 g/mol. The Morgan fingerprint density at radius 2 is 1.60 bits per heavy atom. The van der Waals surface area contributed by atoms with Gasteiger partial charge in [0.15, 0.2) is 17.4 Å². The highest BCUT2D eigenvalue weighted by molar-refractivity contribution is 5.74. The zero-order chi connectivity index (χ0) is 14.7. The number of aliphatic carboxylic acids is 1. The van der Waals surface area contributed by atoms with Crippen LogP contribution in [0.2, 0.25) is 0 Å². The summed E-state index contributed by atoms with van der Waals surface area (Å²) in [6.45, 7) is 0. The maximum Gasteiger partial charge on any atom is 0.349 e. The van der Waals surface area contributed by atoms with Crippen molar-refractivity contribution in [3.05, 3.63) is 65.5 Å². The summed E-state index contributed by atoms with van der Waals surface area (Å²) >= 11 is 0. The lowest BCUT2D eigenvalue weighted by Crippen LogP contribution is -2.19. The molecule has 0 aromatic heterocycles. The van der Waals surface area contributed by atoms with Crippen LogP contribution in [0.4, 0.5) is 13.2 Å². The second-order valence-electron chi connectivity index (χ2n) is 3.95. The number of benzene rings is 2. The third kappa shape index (κ3) is 2.90. The Labute approximate surface area is 112 Å². The van der Waals surface area contributed by atoms with Crippen LogP contribution in [0.25, 0.3) is 0 Å². The quantitative estimate of drug-likeness (QED) is 0.935. The summed E-state index contributed by atoms with van der Waals surface area (Å²) < 4.78 is 44.5. The zero-order valence-electron chi connectivity index (χ0n) is 10.0. The maximum atomic E-state index is 13.5. The summed E-state index contributed by atoms with van der Waals surface area (Å²) in [7, 11) is 0. The monoisotopic (exact) mass is 282 g/mol. The standard InChI is InChI=1S/C14H9F3O3/c15-9-6-10(16)13(11(17)7-9)20-12(14(18)19)8-4-2-1-3-5-8/h1-7,12H,(H,18,19). The van der Waals surface area contributed by atoms with Gasteiger partial charge >= 0.3 is 5.97 Å². The molecular formula is C14H9F3O3. The topological polar surface area (TPSA) is 46.5 Å². The van der Waals surface area contributed by atoms with Crippen molar-refractivity contribution < 1.29 is 27.8 Å². The lowest BCUT2D eigenvalue weighted by Gasteiger charge is -2.16. The molecule has 1 unspecified atom stereocenters. The molecule has 2 aromatic rings. The van der Waals surface area contributed by atoms with E-state index in [9.17, 15) is 18.0 Å². The van der Waals surface area contributed by atoms with Crippen LogP contribution in [0.5, 0.6) is 5.75 Å². The first-order chi connectivity index (χ1) is 9.49. The molecule has 3 nitrogen and oxygen atoms in total. The van der Waals surface area contributed by atoms with Crippen molar-refractivity contribution in [3.8, 4) is 5.75 Å². The second kappa shape index (κ2) is 5.64. The molecule has 0 bridgehead atoms. The molecule has 0 radical (unpaired) electrons. The number of ether oxygens (including phenoxy) is 1. The number of hydrogen-bond donors (Lipinski definition) is 1. The summed E-state index contributed by atoms with van der Waals surface area (Å²) in [4.78, 5) is 11.1. The molecule has 0 spiro atoms. The first-order valence-electron chi connectivity index (χ1n) is 5.58. The second-order valence-corrected chi connectivity index (χ2v) is 3.95. The molecule has 0 fully saturated rings. The van der Waals surface area contributed by atoms with Gasteiger partial charge in [-0.05, 0) is 0 Å². The molecule has 2 rings (SSSR count). The zero-order valence-corrected chi connectivity index (χ0v) is 10.0. The Morgan fingerprint density at radius 3 is 2.10 bits per heavy atom. The van der Waals surface area contributed by atoms with Crippen molar-refractivity contribution >= 4 is 5.97 Å². The SMILES string of the molecule is O=C(O)C(Oc1c(F)cc(F)cc1F)c1ccccc1. The molecule has 0 amide bonds. The largest absolute Gasteiger partial charge is 0.478 e. The first-order valence-corrected chi connectivity index (χ1v) is 5.58. The number of carbonyl (C=O) groups is 1. The Bertz CT molecular complexity index is 606. The van der Waals surface area contributed by atoms with Crippen LogP contribution in [-0.2, 0) is 4.79 Å². The van der Waals surface area contributed by atoms with Crippen molar-refractivity contribution in [2.75, 3.05) is 0 Å². The fourth-order valence-electron chi connectivity index (χ4n) is 1.65. The summed E-state index contributed by atoms with van der Waals surface area (Å²) in [5.41, 5.74) is 0.211. The molecule has 0 heterocycles. The molecule has 0 saturated carbocycles. The van der Waals surface area contributed by atoms with Gasteiger partial charge in [-0.25, -0.2) is 18.0 Å². The van der Waals surface area contributed by atoms with Gasteiger partial charge in [0, 0.05) is 17.7 Å². The maximum absolute atomic E-state index is 13.5. The fraction of sp³-hybridized carbons (Fsp3) is 0.0714. The molecule has 1 atom stereocenters. The van der Waals surface area contributed by atoms with Gasteiger partial charge in [0.05, 0.1) is 0 Å². The van der Waals surface area contributed by atoms with Crippen LogP contribution in [-0.4, -0.2) is 11.1 Å². The Hall–Kier alpha value is -2.50. The van der Waals surface area contributed by atoms with Crippen molar-refractivity contribution in [3.63, 3.8) is 0 Å². The van der Waals surface area contributed by atoms with Gasteiger partial charge < -0.3 is 9.84 Å². The van der Waals surface area contributed by atoms with Gasteiger partial charge in [-0.2, -0.15) is 0 Å². The predicted molar refractivity (Wildman–Crippen MR) is 63.8 cm³/mol. The Balaban J connectivity index is 2.38. The summed E-state index contributed by atoms with van der Waals surface area (Å²) in [6.07, 6.45) is -1.59. The van der Waals surface area contributed by atoms with Crippen LogP contribution >= 0.6 is 0 Å². The van der Waals surface area contributed by atoms with Crippen molar-refractivity contribution in [1.82, 2.24) is 0 Å². The third-order valence-electron chi connectivity index (χ3n) is 2.53. The van der Waals surface area contributed by atoms with Crippen molar-refractivity contribution in [2.24, 2.45) is 0 Å². The van der Waals surface area contributed by atoms with Crippen LogP contribution < -0.4 is 4.74 Å². The smallest absolute Gasteiger partial charge is 0.349 e. The highest BCUT2D eigenvalue weighted by atomic mass is 19.1. The van der Waals surface area contributed by atoms with E-state index >= 15 is 0 Å². The van der Waals surface area contributed by atoms with Crippen LogP contribution in [0.1, 0.15) is 11.7 Å². The van der Waals surface area contributed by atoms with Crippen LogP contribution in [0.3, 0.4) is 0 Å². The first kappa shape index (κ1) is 13.9. The van der Waals surface area contributed by atoms with E-state index in [-0.39, 0.29) is 5.56 Å². The van der Waals surface area contributed by atoms with Gasteiger partial charge in [0.1, 0.15) is 5.82 Å². The van der Waals surface area contributed by atoms with E-state index in [0.29, 0.717) is 12.1 Å². The number of rotatable bonds is 4. The highest BCUT2D eigenvalue weighted by Crippen LogP contribution is 2.28.